The first-order chi connectivity index (χ1) is 8.20. The molecule has 0 amide bonds. The smallest absolute Gasteiger partial charge is 0.0511 e. The zero-order chi connectivity index (χ0) is 12.3. The van der Waals surface area contributed by atoms with E-state index >= 15 is 0 Å². The van der Waals surface area contributed by atoms with Gasteiger partial charge < -0.3 is 0 Å². The molecule has 0 bridgehead atoms. The summed E-state index contributed by atoms with van der Waals surface area (Å²) in [6.45, 7) is 2.12. The monoisotopic (exact) mass is 310 g/mol. The zero-order valence-electron chi connectivity index (χ0n) is 9.61. The molecule has 0 radical (unpaired) electrons. The van der Waals surface area contributed by atoms with Crippen LogP contribution in [0.3, 0.4) is 0 Å². The summed E-state index contributed by atoms with van der Waals surface area (Å²) in [6.07, 6.45) is 0.896. The van der Waals surface area contributed by atoms with Gasteiger partial charge in [0, 0.05) is 4.47 Å². The molecular formula is C13H15BrN2S. The van der Waals surface area contributed by atoms with E-state index in [2.05, 4.69) is 51.2 Å². The lowest BCUT2D eigenvalue weighted by atomic mass is 9.99. The van der Waals surface area contributed by atoms with E-state index in [1.54, 1.807) is 11.3 Å². The Hall–Kier alpha value is -0.680. The molecule has 2 nitrogen and oxygen atoms in total. The van der Waals surface area contributed by atoms with Gasteiger partial charge >= 0.3 is 0 Å². The summed E-state index contributed by atoms with van der Waals surface area (Å²) in [6, 6.07) is 8.51. The average Bonchev–Trinajstić information content (AvgIpc) is 2.72. The number of thiophene rings is 1. The van der Waals surface area contributed by atoms with Gasteiger partial charge in [0.2, 0.25) is 0 Å². The first kappa shape index (κ1) is 12.8. The Bertz CT molecular complexity index is 496. The Balaban J connectivity index is 2.19. The Labute approximate surface area is 114 Å². The quantitative estimate of drug-likeness (QED) is 0.669. The number of benzene rings is 1. The molecular weight excluding hydrogens is 296 g/mol. The minimum absolute atomic E-state index is 0.176. The van der Waals surface area contributed by atoms with E-state index in [4.69, 9.17) is 5.84 Å². The van der Waals surface area contributed by atoms with E-state index < -0.39 is 0 Å². The molecule has 2 aromatic rings. The second kappa shape index (κ2) is 5.78. The Morgan fingerprint density at radius 1 is 1.41 bits per heavy atom. The molecule has 1 aromatic carbocycles. The summed E-state index contributed by atoms with van der Waals surface area (Å²) in [5.41, 5.74) is 6.76. The summed E-state index contributed by atoms with van der Waals surface area (Å²) in [4.78, 5) is 0. The minimum atomic E-state index is 0.176. The number of nitrogens with one attached hydrogen (secondary N) is 1. The topological polar surface area (TPSA) is 38.0 Å². The van der Waals surface area contributed by atoms with Crippen molar-refractivity contribution in [1.82, 2.24) is 5.43 Å². The zero-order valence-corrected chi connectivity index (χ0v) is 12.0. The maximum Gasteiger partial charge on any atom is 0.0511 e. The predicted octanol–water partition coefficient (Wildman–Crippen LogP) is 3.57. The summed E-state index contributed by atoms with van der Waals surface area (Å²) in [5.74, 6) is 5.66. The second-order valence-electron chi connectivity index (χ2n) is 4.06. The summed E-state index contributed by atoms with van der Waals surface area (Å²) >= 11 is 5.21. The SMILES string of the molecule is Cc1cscc1C(Cc1cccc(Br)c1)NN. The molecule has 1 unspecified atom stereocenters. The number of hydrogen-bond acceptors (Lipinski definition) is 3. The van der Waals surface area contributed by atoms with Gasteiger partial charge in [-0.2, -0.15) is 11.3 Å². The van der Waals surface area contributed by atoms with Crippen molar-refractivity contribution >= 4 is 27.3 Å². The second-order valence-corrected chi connectivity index (χ2v) is 5.72. The van der Waals surface area contributed by atoms with Crippen molar-refractivity contribution in [2.45, 2.75) is 19.4 Å². The van der Waals surface area contributed by atoms with Crippen LogP contribution >= 0.6 is 27.3 Å². The van der Waals surface area contributed by atoms with E-state index in [9.17, 15) is 0 Å². The molecule has 1 heterocycles. The van der Waals surface area contributed by atoms with E-state index in [0.29, 0.717) is 0 Å². The molecule has 3 N–H and O–H groups in total. The van der Waals surface area contributed by atoms with Gasteiger partial charge in [0.1, 0.15) is 0 Å². The molecule has 0 fully saturated rings. The van der Waals surface area contributed by atoms with E-state index in [0.717, 1.165) is 10.9 Å². The van der Waals surface area contributed by atoms with Gasteiger partial charge in [0.25, 0.3) is 0 Å². The van der Waals surface area contributed by atoms with E-state index in [1.165, 1.54) is 16.7 Å². The fraction of sp³-hybridized carbons (Fsp3) is 0.231. The Morgan fingerprint density at radius 2 is 2.24 bits per heavy atom. The van der Waals surface area contributed by atoms with Crippen LogP contribution in [0.25, 0.3) is 0 Å². The van der Waals surface area contributed by atoms with Crippen molar-refractivity contribution in [1.29, 1.82) is 0 Å². The standard InChI is InChI=1S/C13H15BrN2S/c1-9-7-17-8-12(9)13(16-15)6-10-3-2-4-11(14)5-10/h2-5,7-8,13,16H,6,15H2,1H3. The van der Waals surface area contributed by atoms with E-state index in [-0.39, 0.29) is 6.04 Å². The molecule has 1 atom stereocenters. The fourth-order valence-electron chi connectivity index (χ4n) is 1.89. The van der Waals surface area contributed by atoms with Gasteiger partial charge in [0.15, 0.2) is 0 Å². The fourth-order valence-corrected chi connectivity index (χ4v) is 3.24. The van der Waals surface area contributed by atoms with Crippen molar-refractivity contribution in [3.8, 4) is 0 Å². The average molecular weight is 311 g/mol. The molecule has 0 saturated carbocycles. The number of hydrazine groups is 1. The number of aryl methyl sites for hydroxylation is 1. The Kier molecular flexibility index (Phi) is 4.34. The lowest BCUT2D eigenvalue weighted by molar-refractivity contribution is 0.551. The number of halogens is 1. The van der Waals surface area contributed by atoms with Crippen LogP contribution in [0.2, 0.25) is 0 Å². The van der Waals surface area contributed by atoms with Crippen LogP contribution in [-0.2, 0) is 6.42 Å². The van der Waals surface area contributed by atoms with Crippen molar-refractivity contribution in [3.63, 3.8) is 0 Å². The molecule has 17 heavy (non-hydrogen) atoms. The Morgan fingerprint density at radius 3 is 2.82 bits per heavy atom. The largest absolute Gasteiger partial charge is 0.271 e. The van der Waals surface area contributed by atoms with Crippen LogP contribution in [0.15, 0.2) is 39.5 Å². The van der Waals surface area contributed by atoms with Crippen molar-refractivity contribution in [3.05, 3.63) is 56.2 Å². The van der Waals surface area contributed by atoms with Crippen LogP contribution < -0.4 is 11.3 Å². The van der Waals surface area contributed by atoms with Gasteiger partial charge in [0.05, 0.1) is 6.04 Å². The third kappa shape index (κ3) is 3.16. The summed E-state index contributed by atoms with van der Waals surface area (Å²) < 4.78 is 1.10. The van der Waals surface area contributed by atoms with Crippen LogP contribution in [0.5, 0.6) is 0 Å². The van der Waals surface area contributed by atoms with Crippen LogP contribution in [-0.4, -0.2) is 0 Å². The summed E-state index contributed by atoms with van der Waals surface area (Å²) in [5, 5.41) is 4.32. The minimum Gasteiger partial charge on any atom is -0.271 e. The summed E-state index contributed by atoms with van der Waals surface area (Å²) in [7, 11) is 0. The highest BCUT2D eigenvalue weighted by atomic mass is 79.9. The normalized spacial score (nSPS) is 12.6. The van der Waals surface area contributed by atoms with Gasteiger partial charge in [-0.15, -0.1) is 0 Å². The predicted molar refractivity (Wildman–Crippen MR) is 77.0 cm³/mol. The molecule has 0 saturated heterocycles. The maximum atomic E-state index is 5.66. The third-order valence-electron chi connectivity index (χ3n) is 2.80. The highest BCUT2D eigenvalue weighted by molar-refractivity contribution is 9.10. The van der Waals surface area contributed by atoms with Gasteiger partial charge in [-0.25, -0.2) is 0 Å². The van der Waals surface area contributed by atoms with Gasteiger partial charge in [-0.1, -0.05) is 28.1 Å². The van der Waals surface area contributed by atoms with Gasteiger partial charge in [-0.3, -0.25) is 11.3 Å². The van der Waals surface area contributed by atoms with Crippen LogP contribution in [0, 0.1) is 6.92 Å². The first-order valence-electron chi connectivity index (χ1n) is 5.44. The molecule has 0 aliphatic heterocycles. The van der Waals surface area contributed by atoms with Crippen LogP contribution in [0.1, 0.15) is 22.7 Å². The maximum absolute atomic E-state index is 5.66. The molecule has 90 valence electrons. The number of nitrogens with two attached hydrogens (primary N) is 1. The molecule has 0 aliphatic rings. The first-order valence-corrected chi connectivity index (χ1v) is 7.17. The van der Waals surface area contributed by atoms with Crippen molar-refractivity contribution in [2.24, 2.45) is 5.84 Å². The van der Waals surface area contributed by atoms with Crippen molar-refractivity contribution < 1.29 is 0 Å². The molecule has 0 spiro atoms. The van der Waals surface area contributed by atoms with Gasteiger partial charge in [-0.05, 0) is 52.9 Å². The molecule has 2 rings (SSSR count). The third-order valence-corrected chi connectivity index (χ3v) is 4.17. The number of hydrogen-bond donors (Lipinski definition) is 2. The van der Waals surface area contributed by atoms with Crippen LogP contribution in [0.4, 0.5) is 0 Å². The molecule has 0 aliphatic carbocycles. The van der Waals surface area contributed by atoms with E-state index in [1.807, 2.05) is 12.1 Å². The lowest BCUT2D eigenvalue weighted by Gasteiger charge is -2.16. The molecule has 4 heteroatoms. The highest BCUT2D eigenvalue weighted by Gasteiger charge is 2.13. The lowest BCUT2D eigenvalue weighted by Crippen LogP contribution is -2.29. The molecule has 1 aromatic heterocycles. The van der Waals surface area contributed by atoms with Crippen molar-refractivity contribution in [2.75, 3.05) is 0 Å². The highest BCUT2D eigenvalue weighted by Crippen LogP contribution is 2.25. The number of rotatable bonds is 4.